The Bertz CT molecular complexity index is 283. The van der Waals surface area contributed by atoms with Crippen LogP contribution in [0.3, 0.4) is 0 Å². The van der Waals surface area contributed by atoms with Gasteiger partial charge in [-0.2, -0.15) is 13.2 Å². The fraction of sp³-hybridized carbons (Fsp3) is 0.167. The topological polar surface area (TPSA) is 94.9 Å². The third kappa shape index (κ3) is 5.75. The molecule has 0 unspecified atom stereocenters. The molecule has 8 heteroatoms. The van der Waals surface area contributed by atoms with E-state index >= 15 is 0 Å². The zero-order valence-corrected chi connectivity index (χ0v) is 6.82. The average molecular weight is 208 g/mol. The lowest BCUT2D eigenvalue weighted by Crippen LogP contribution is -2.18. The number of carbonyl (C=O) groups is 1. The van der Waals surface area contributed by atoms with Crippen LogP contribution in [0.15, 0.2) is 18.5 Å². The van der Waals surface area contributed by atoms with Crippen molar-refractivity contribution in [2.75, 3.05) is 0 Å². The molecule has 0 bridgehead atoms. The molecule has 5 nitrogen and oxygen atoms in total. The number of alkyl halides is 3. The quantitative estimate of drug-likeness (QED) is 0.650. The van der Waals surface area contributed by atoms with Crippen molar-refractivity contribution in [1.82, 2.24) is 9.97 Å². The van der Waals surface area contributed by atoms with Gasteiger partial charge in [-0.3, -0.25) is 0 Å². The van der Waals surface area contributed by atoms with Gasteiger partial charge in [-0.1, -0.05) is 0 Å². The number of rotatable bonds is 0. The summed E-state index contributed by atoms with van der Waals surface area (Å²) < 4.78 is 35.0. The summed E-state index contributed by atoms with van der Waals surface area (Å²) >= 11 is 0. The molecular formula is C6H7F3N4O. The van der Waals surface area contributed by atoms with Gasteiger partial charge in [0.25, 0.3) is 0 Å². The van der Waals surface area contributed by atoms with Crippen LogP contribution in [0, 0.1) is 0 Å². The van der Waals surface area contributed by atoms with Gasteiger partial charge in [0, 0.05) is 12.4 Å². The van der Waals surface area contributed by atoms with Crippen molar-refractivity contribution in [3.05, 3.63) is 24.3 Å². The molecule has 0 aromatic carbocycles. The van der Waals surface area contributed by atoms with E-state index in [1.54, 1.807) is 0 Å². The lowest BCUT2D eigenvalue weighted by molar-refractivity contribution is -0.145. The first-order valence-corrected chi connectivity index (χ1v) is 3.23. The van der Waals surface area contributed by atoms with Crippen LogP contribution in [0.25, 0.3) is 0 Å². The van der Waals surface area contributed by atoms with Gasteiger partial charge >= 0.3 is 12.2 Å². The van der Waals surface area contributed by atoms with Gasteiger partial charge in [-0.05, 0) is 6.07 Å². The molecular weight excluding hydrogens is 201 g/mol. The van der Waals surface area contributed by atoms with Gasteiger partial charge in [-0.25, -0.2) is 14.8 Å². The third-order valence-corrected chi connectivity index (χ3v) is 0.819. The first-order valence-electron chi connectivity index (χ1n) is 3.23. The molecule has 0 saturated heterocycles. The third-order valence-electron chi connectivity index (χ3n) is 0.819. The molecule has 1 aromatic heterocycles. The number of aromatic nitrogens is 2. The summed E-state index contributed by atoms with van der Waals surface area (Å²) in [5, 5.41) is 0. The Labute approximate surface area is 76.9 Å². The minimum absolute atomic E-state index is 0.833. The number of nitrogens with two attached hydrogens (primary N) is 2. The van der Waals surface area contributed by atoms with Crippen molar-refractivity contribution < 1.29 is 18.0 Å². The summed E-state index contributed by atoms with van der Waals surface area (Å²) in [6, 6.07) is 0.495. The molecule has 0 aliphatic carbocycles. The molecule has 0 fully saturated rings. The smallest absolute Gasteiger partial charge is 0.352 e. The first-order chi connectivity index (χ1) is 6.34. The maximum absolute atomic E-state index is 11.7. The molecule has 1 heterocycles. The Morgan fingerprint density at radius 2 is 1.57 bits per heavy atom. The van der Waals surface area contributed by atoms with E-state index in [-0.39, 0.29) is 0 Å². The van der Waals surface area contributed by atoms with Crippen LogP contribution < -0.4 is 11.5 Å². The number of hydrogen-bond acceptors (Lipinski definition) is 3. The van der Waals surface area contributed by atoms with E-state index in [9.17, 15) is 13.2 Å². The number of halogens is 3. The number of urea groups is 1. The first kappa shape index (κ1) is 12.1. The second kappa shape index (κ2) is 5.00. The SMILES string of the molecule is FC(F)(F)c1ncccn1.NC(N)=O. The molecule has 0 spiro atoms. The predicted molar refractivity (Wildman–Crippen MR) is 40.8 cm³/mol. The summed E-state index contributed by atoms with van der Waals surface area (Å²) in [5.74, 6) is -1.10. The number of primary amides is 2. The van der Waals surface area contributed by atoms with Crippen LogP contribution in [0.2, 0.25) is 0 Å². The molecule has 0 aliphatic heterocycles. The van der Waals surface area contributed by atoms with Crippen LogP contribution in [-0.4, -0.2) is 16.0 Å². The van der Waals surface area contributed by atoms with Crippen LogP contribution >= 0.6 is 0 Å². The molecule has 2 amide bonds. The summed E-state index contributed by atoms with van der Waals surface area (Å²) in [5.41, 5.74) is 8.50. The summed E-state index contributed by atoms with van der Waals surface area (Å²) in [4.78, 5) is 15.0. The summed E-state index contributed by atoms with van der Waals surface area (Å²) in [7, 11) is 0. The lowest BCUT2D eigenvalue weighted by atomic mass is 10.5. The Morgan fingerprint density at radius 3 is 1.79 bits per heavy atom. The van der Waals surface area contributed by atoms with Crippen LogP contribution in [0.4, 0.5) is 18.0 Å². The zero-order chi connectivity index (χ0) is 11.2. The van der Waals surface area contributed by atoms with Crippen molar-refractivity contribution in [3.63, 3.8) is 0 Å². The van der Waals surface area contributed by atoms with Crippen LogP contribution in [-0.2, 0) is 6.18 Å². The van der Waals surface area contributed by atoms with Crippen molar-refractivity contribution in [2.45, 2.75) is 6.18 Å². The molecule has 4 N–H and O–H groups in total. The highest BCUT2D eigenvalue weighted by Gasteiger charge is 2.33. The molecule has 0 radical (unpaired) electrons. The Morgan fingerprint density at radius 1 is 1.21 bits per heavy atom. The maximum atomic E-state index is 11.7. The fourth-order valence-corrected chi connectivity index (χ4v) is 0.445. The minimum Gasteiger partial charge on any atom is -0.352 e. The highest BCUT2D eigenvalue weighted by atomic mass is 19.4. The molecule has 14 heavy (non-hydrogen) atoms. The number of hydrogen-bond donors (Lipinski definition) is 2. The lowest BCUT2D eigenvalue weighted by Gasteiger charge is -2.01. The largest absolute Gasteiger partial charge is 0.451 e. The van der Waals surface area contributed by atoms with E-state index in [0.29, 0.717) is 0 Å². The average Bonchev–Trinajstić information content (AvgIpc) is 2.03. The minimum atomic E-state index is -4.43. The van der Waals surface area contributed by atoms with Gasteiger partial charge in [0.05, 0.1) is 0 Å². The standard InChI is InChI=1S/C5H3F3N2.CH4N2O/c6-5(7,8)4-9-2-1-3-10-4;2-1(3)4/h1-3H;(H4,2,3,4). The predicted octanol–water partition coefficient (Wildman–Crippen LogP) is 0.519. The summed E-state index contributed by atoms with van der Waals surface area (Å²) in [6.45, 7) is 0. The highest BCUT2D eigenvalue weighted by molar-refractivity contribution is 5.69. The van der Waals surface area contributed by atoms with Crippen molar-refractivity contribution >= 4 is 6.03 Å². The highest BCUT2D eigenvalue weighted by Crippen LogP contribution is 2.24. The van der Waals surface area contributed by atoms with E-state index in [2.05, 4.69) is 21.4 Å². The second-order valence-corrected chi connectivity index (χ2v) is 1.97. The van der Waals surface area contributed by atoms with Crippen molar-refractivity contribution in [2.24, 2.45) is 11.5 Å². The van der Waals surface area contributed by atoms with Gasteiger partial charge in [-0.15, -0.1) is 0 Å². The van der Waals surface area contributed by atoms with E-state index in [1.165, 1.54) is 6.07 Å². The number of carbonyl (C=O) groups excluding carboxylic acids is 1. The fourth-order valence-electron chi connectivity index (χ4n) is 0.445. The van der Waals surface area contributed by atoms with E-state index in [4.69, 9.17) is 4.79 Å². The van der Waals surface area contributed by atoms with Crippen LogP contribution in [0.5, 0.6) is 0 Å². The number of nitrogens with zero attached hydrogens (tertiary/aromatic N) is 2. The molecule has 0 saturated carbocycles. The van der Waals surface area contributed by atoms with Gasteiger partial charge in [0.1, 0.15) is 0 Å². The van der Waals surface area contributed by atoms with Crippen molar-refractivity contribution in [3.8, 4) is 0 Å². The van der Waals surface area contributed by atoms with Gasteiger partial charge in [0.15, 0.2) is 0 Å². The second-order valence-electron chi connectivity index (χ2n) is 1.97. The Kier molecular flexibility index (Phi) is 4.33. The molecule has 78 valence electrons. The van der Waals surface area contributed by atoms with Gasteiger partial charge in [0.2, 0.25) is 5.82 Å². The van der Waals surface area contributed by atoms with Crippen LogP contribution in [0.1, 0.15) is 5.82 Å². The summed E-state index contributed by atoms with van der Waals surface area (Å²) in [6.07, 6.45) is -2.33. The van der Waals surface area contributed by atoms with E-state index < -0.39 is 18.0 Å². The zero-order valence-electron chi connectivity index (χ0n) is 6.82. The van der Waals surface area contributed by atoms with Gasteiger partial charge < -0.3 is 11.5 Å². The monoisotopic (exact) mass is 208 g/mol. The normalized spacial score (nSPS) is 9.93. The molecule has 0 aliphatic rings. The molecule has 1 aromatic rings. The molecule has 0 atom stereocenters. The Hall–Kier alpha value is -1.86. The number of amides is 2. The Balaban J connectivity index is 0.000000364. The maximum Gasteiger partial charge on any atom is 0.451 e. The molecule has 1 rings (SSSR count). The van der Waals surface area contributed by atoms with E-state index in [0.717, 1.165) is 12.4 Å². The van der Waals surface area contributed by atoms with Crippen molar-refractivity contribution in [1.29, 1.82) is 0 Å². The van der Waals surface area contributed by atoms with E-state index in [1.807, 2.05) is 0 Å².